The van der Waals surface area contributed by atoms with Crippen molar-refractivity contribution in [3.8, 4) is 0 Å². The number of nitrogens with two attached hydrogens (primary N) is 2. The van der Waals surface area contributed by atoms with Crippen molar-refractivity contribution in [2.45, 2.75) is 48.0 Å². The summed E-state index contributed by atoms with van der Waals surface area (Å²) in [4.78, 5) is 18.4. The number of hydrogen-bond donors (Lipinski definition) is 2. The maximum Gasteiger partial charge on any atom is 0.220 e. The van der Waals surface area contributed by atoms with E-state index in [1.807, 2.05) is 47.6 Å². The van der Waals surface area contributed by atoms with Crippen molar-refractivity contribution in [1.29, 1.82) is 0 Å². The molecule has 0 amide bonds. The maximum absolute atomic E-state index is 10.7. The van der Waals surface area contributed by atoms with E-state index in [2.05, 4.69) is 9.97 Å². The van der Waals surface area contributed by atoms with Crippen molar-refractivity contribution >= 4 is 11.7 Å². The van der Waals surface area contributed by atoms with Crippen LogP contribution in [0.1, 0.15) is 47.2 Å². The topological polar surface area (TPSA) is 94.9 Å². The van der Waals surface area contributed by atoms with Gasteiger partial charge in [0.2, 0.25) is 5.95 Å². The van der Waals surface area contributed by atoms with Crippen LogP contribution in [-0.4, -0.2) is 22.3 Å². The van der Waals surface area contributed by atoms with Crippen LogP contribution in [0, 0.1) is 5.41 Å². The van der Waals surface area contributed by atoms with Gasteiger partial charge in [-0.1, -0.05) is 41.5 Å². The minimum absolute atomic E-state index is 0.109. The molecule has 1 heterocycles. The third-order valence-corrected chi connectivity index (χ3v) is 2.12. The third kappa shape index (κ3) is 10.1. The van der Waals surface area contributed by atoms with Crippen molar-refractivity contribution in [2.75, 3.05) is 12.3 Å². The quantitative estimate of drug-likeness (QED) is 0.857. The van der Waals surface area contributed by atoms with Crippen LogP contribution in [0.15, 0.2) is 12.3 Å². The number of nitrogens with zero attached hydrogens (tertiary/aromatic N) is 2. The van der Waals surface area contributed by atoms with Crippen LogP contribution in [0.5, 0.6) is 0 Å². The van der Waals surface area contributed by atoms with Gasteiger partial charge in [0.05, 0.1) is 6.54 Å². The molecule has 5 nitrogen and oxygen atoms in total. The normalized spacial score (nSPS) is 9.63. The van der Waals surface area contributed by atoms with Gasteiger partial charge in [-0.25, -0.2) is 9.97 Å². The van der Waals surface area contributed by atoms with Gasteiger partial charge < -0.3 is 11.5 Å². The van der Waals surface area contributed by atoms with E-state index in [9.17, 15) is 4.79 Å². The Morgan fingerprint density at radius 3 is 2.05 bits per heavy atom. The second-order valence-corrected chi connectivity index (χ2v) is 4.64. The van der Waals surface area contributed by atoms with Gasteiger partial charge in [0.15, 0.2) is 5.78 Å². The zero-order valence-corrected chi connectivity index (χ0v) is 13.0. The van der Waals surface area contributed by atoms with Crippen LogP contribution in [0.3, 0.4) is 0 Å². The standard InChI is InChI=1S/C6H9N3.C6H13NO.C2H6/c1-2-5-3-4-8-6(7)9-5;1-6(2,3)5(8)4-7;1-2/h3-4H,2H2,1H3,(H2,7,8,9);4,7H2,1-3H3;1-2H3. The molecule has 0 radical (unpaired) electrons. The lowest BCUT2D eigenvalue weighted by atomic mass is 9.91. The summed E-state index contributed by atoms with van der Waals surface area (Å²) < 4.78 is 0. The number of aryl methyl sites for hydroxylation is 1. The van der Waals surface area contributed by atoms with Crippen LogP contribution in [0.25, 0.3) is 0 Å². The number of aromatic nitrogens is 2. The Balaban J connectivity index is 0. The summed E-state index contributed by atoms with van der Waals surface area (Å²) in [5.41, 5.74) is 11.2. The van der Waals surface area contributed by atoms with Gasteiger partial charge in [-0.3, -0.25) is 4.79 Å². The number of carbonyl (C=O) groups is 1. The highest BCUT2D eigenvalue weighted by Gasteiger charge is 2.18. The van der Waals surface area contributed by atoms with Crippen LogP contribution in [0.2, 0.25) is 0 Å². The molecule has 0 aliphatic heterocycles. The molecule has 1 aromatic rings. The molecule has 1 rings (SSSR count). The molecule has 0 aliphatic carbocycles. The largest absolute Gasteiger partial charge is 0.368 e. The van der Waals surface area contributed by atoms with E-state index in [1.54, 1.807) is 6.20 Å². The van der Waals surface area contributed by atoms with Gasteiger partial charge >= 0.3 is 0 Å². The lowest BCUT2D eigenvalue weighted by Crippen LogP contribution is -2.27. The molecule has 0 aromatic carbocycles. The highest BCUT2D eigenvalue weighted by atomic mass is 16.1. The SMILES string of the molecule is CC.CC(C)(C)C(=O)CN.CCc1ccnc(N)n1. The zero-order valence-electron chi connectivity index (χ0n) is 13.0. The van der Waals surface area contributed by atoms with Crippen molar-refractivity contribution in [3.05, 3.63) is 18.0 Å². The molecular weight excluding hydrogens is 240 g/mol. The summed E-state index contributed by atoms with van der Waals surface area (Å²) in [5, 5.41) is 0. The fraction of sp³-hybridized carbons (Fsp3) is 0.643. The van der Waals surface area contributed by atoms with Crippen LogP contribution < -0.4 is 11.5 Å². The fourth-order valence-corrected chi connectivity index (χ4v) is 0.916. The van der Waals surface area contributed by atoms with E-state index >= 15 is 0 Å². The van der Waals surface area contributed by atoms with Gasteiger partial charge in [0.1, 0.15) is 0 Å². The number of anilines is 1. The van der Waals surface area contributed by atoms with Crippen molar-refractivity contribution in [3.63, 3.8) is 0 Å². The molecule has 0 fully saturated rings. The van der Waals surface area contributed by atoms with E-state index in [1.165, 1.54) is 0 Å². The fourth-order valence-electron chi connectivity index (χ4n) is 0.916. The van der Waals surface area contributed by atoms with Crippen molar-refractivity contribution < 1.29 is 4.79 Å². The van der Waals surface area contributed by atoms with E-state index in [0.717, 1.165) is 12.1 Å². The average Bonchev–Trinajstić information content (AvgIpc) is 2.39. The van der Waals surface area contributed by atoms with Gasteiger partial charge in [-0.05, 0) is 12.5 Å². The average molecular weight is 268 g/mol. The first-order chi connectivity index (χ1) is 8.81. The molecule has 0 spiro atoms. The monoisotopic (exact) mass is 268 g/mol. The molecule has 0 bridgehead atoms. The van der Waals surface area contributed by atoms with Gasteiger partial charge in [-0.15, -0.1) is 0 Å². The summed E-state index contributed by atoms with van der Waals surface area (Å²) in [5.74, 6) is 0.465. The second-order valence-electron chi connectivity index (χ2n) is 4.64. The molecule has 19 heavy (non-hydrogen) atoms. The van der Waals surface area contributed by atoms with Crippen LogP contribution in [0.4, 0.5) is 5.95 Å². The summed E-state index contributed by atoms with van der Waals surface area (Å²) in [6, 6.07) is 1.86. The van der Waals surface area contributed by atoms with E-state index < -0.39 is 0 Å². The van der Waals surface area contributed by atoms with E-state index in [0.29, 0.717) is 5.95 Å². The Morgan fingerprint density at radius 2 is 1.84 bits per heavy atom. The Morgan fingerprint density at radius 1 is 1.32 bits per heavy atom. The van der Waals surface area contributed by atoms with Gasteiger partial charge in [0.25, 0.3) is 0 Å². The van der Waals surface area contributed by atoms with Crippen molar-refractivity contribution in [2.24, 2.45) is 11.1 Å². The van der Waals surface area contributed by atoms with E-state index in [-0.39, 0.29) is 17.7 Å². The second kappa shape index (κ2) is 10.4. The molecular formula is C14H28N4O. The molecule has 5 heteroatoms. The Hall–Kier alpha value is -1.49. The minimum atomic E-state index is -0.255. The number of nitrogen functional groups attached to an aromatic ring is 1. The number of rotatable bonds is 2. The number of hydrogen-bond acceptors (Lipinski definition) is 5. The lowest BCUT2D eigenvalue weighted by molar-refractivity contribution is -0.124. The van der Waals surface area contributed by atoms with Crippen LogP contribution >= 0.6 is 0 Å². The maximum atomic E-state index is 10.7. The third-order valence-electron chi connectivity index (χ3n) is 2.12. The first-order valence-corrected chi connectivity index (χ1v) is 6.62. The summed E-state index contributed by atoms with van der Waals surface area (Å²) in [6.45, 7) is 11.8. The smallest absolute Gasteiger partial charge is 0.220 e. The molecule has 0 saturated carbocycles. The zero-order chi connectivity index (χ0) is 15.5. The Bertz CT molecular complexity index is 359. The van der Waals surface area contributed by atoms with Gasteiger partial charge in [0, 0.05) is 17.3 Å². The van der Waals surface area contributed by atoms with Gasteiger partial charge in [-0.2, -0.15) is 0 Å². The molecule has 0 unspecified atom stereocenters. The Labute approximate surface area is 116 Å². The number of Topliss-reactive ketones (excluding diaryl/α,β-unsaturated/α-hetero) is 1. The van der Waals surface area contributed by atoms with Crippen molar-refractivity contribution in [1.82, 2.24) is 9.97 Å². The molecule has 0 atom stereocenters. The van der Waals surface area contributed by atoms with E-state index in [4.69, 9.17) is 11.5 Å². The lowest BCUT2D eigenvalue weighted by Gasteiger charge is -2.13. The summed E-state index contributed by atoms with van der Waals surface area (Å²) in [6.07, 6.45) is 2.58. The minimum Gasteiger partial charge on any atom is -0.368 e. The molecule has 110 valence electrons. The van der Waals surface area contributed by atoms with Crippen LogP contribution in [-0.2, 0) is 11.2 Å². The molecule has 1 aromatic heterocycles. The Kier molecular flexibility index (Phi) is 10.9. The summed E-state index contributed by atoms with van der Waals surface area (Å²) >= 11 is 0. The first-order valence-electron chi connectivity index (χ1n) is 6.62. The highest BCUT2D eigenvalue weighted by molar-refractivity contribution is 5.85. The molecule has 0 saturated heterocycles. The predicted molar refractivity (Wildman–Crippen MR) is 80.7 cm³/mol. The molecule has 0 aliphatic rings. The molecule has 4 N–H and O–H groups in total. The number of ketones is 1. The first kappa shape index (κ1) is 19.8. The number of carbonyl (C=O) groups excluding carboxylic acids is 1. The predicted octanol–water partition coefficient (Wildman–Crippen LogP) is 2.21. The highest BCUT2D eigenvalue weighted by Crippen LogP contribution is 2.12. The summed E-state index contributed by atoms with van der Waals surface area (Å²) in [7, 11) is 0.